The zero-order valence-corrected chi connectivity index (χ0v) is 93.7. The molecular formula is C118H238O25. The number of hydrogen-bond acceptors (Lipinski definition) is 19. The van der Waals surface area contributed by atoms with Gasteiger partial charge in [0.2, 0.25) is 0 Å². The fourth-order valence-electron chi connectivity index (χ4n) is 17.0. The van der Waals surface area contributed by atoms with Crippen LogP contribution in [0.1, 0.15) is 619 Å². The van der Waals surface area contributed by atoms with Crippen molar-refractivity contribution in [3.63, 3.8) is 0 Å². The van der Waals surface area contributed by atoms with E-state index in [1.807, 2.05) is 0 Å². The van der Waals surface area contributed by atoms with Crippen molar-refractivity contribution in [2.45, 2.75) is 656 Å². The second-order valence-electron chi connectivity index (χ2n) is 41.9. The lowest BCUT2D eigenvalue weighted by Gasteiger charge is -2.31. The van der Waals surface area contributed by atoms with Gasteiger partial charge >= 0.3 is 35.8 Å². The monoisotopic (exact) mass is 2060 g/mol. The molecule has 0 heterocycles. The van der Waals surface area contributed by atoms with Crippen LogP contribution < -0.4 is 0 Å². The molecule has 18 N–H and O–H groups in total. The number of carboxylic acid groups (broad SMARTS) is 6. The van der Waals surface area contributed by atoms with Crippen LogP contribution in [0.3, 0.4) is 0 Å². The molecule has 860 valence electrons. The van der Waals surface area contributed by atoms with Crippen LogP contribution in [0.2, 0.25) is 0 Å². The number of unbranched alkanes of at least 4 members (excludes halogenated alkanes) is 78. The van der Waals surface area contributed by atoms with Gasteiger partial charge in [-0.3, -0.25) is 0 Å². The van der Waals surface area contributed by atoms with Crippen LogP contribution in [0.4, 0.5) is 0 Å². The summed E-state index contributed by atoms with van der Waals surface area (Å²) in [5.74, 6) is -6.56. The van der Waals surface area contributed by atoms with E-state index >= 15 is 0 Å². The highest BCUT2D eigenvalue weighted by atomic mass is 16.5. The van der Waals surface area contributed by atoms with E-state index in [4.69, 9.17) is 96.7 Å². The zero-order chi connectivity index (χ0) is 108. The summed E-state index contributed by atoms with van der Waals surface area (Å²) in [6.07, 6.45) is 104. The van der Waals surface area contributed by atoms with Crippen molar-refractivity contribution in [3.8, 4) is 0 Å². The largest absolute Gasteiger partial charge is 0.479 e. The summed E-state index contributed by atoms with van der Waals surface area (Å²) in [7, 11) is 0. The number of aliphatic carboxylic acids is 6. The highest BCUT2D eigenvalue weighted by molar-refractivity contribution is 5.73. The van der Waals surface area contributed by atoms with E-state index in [2.05, 4.69) is 41.5 Å². The smallest absolute Gasteiger partial charge is 0.332 e. The molecular weight excluding hydrogens is 1820 g/mol. The van der Waals surface area contributed by atoms with E-state index in [0.29, 0.717) is 38.5 Å². The Morgan fingerprint density at radius 2 is 0.231 bits per heavy atom. The molecule has 25 heteroatoms. The maximum Gasteiger partial charge on any atom is 0.332 e. The van der Waals surface area contributed by atoms with Crippen LogP contribution in [-0.4, -0.2) is 217 Å². The van der Waals surface area contributed by atoms with Crippen molar-refractivity contribution >= 4 is 35.8 Å². The minimum atomic E-state index is -1.16. The molecule has 0 aromatic heterocycles. The first-order valence-electron chi connectivity index (χ1n) is 59.8. The number of carbonyl (C=O) groups is 6. The van der Waals surface area contributed by atoms with Crippen LogP contribution in [-0.2, 0) is 33.5 Å². The molecule has 0 aliphatic rings. The molecule has 25 nitrogen and oxygen atoms in total. The SMILES string of the molecule is CCCCCCCCCCCCCCCCC(O)C(=O)O.CCCCCCCCCCCCCCCCC(O)C(=O)O.CCCCCCCCCCCCCCCCC(O)C(=O)O.CCCCCCCCCCCCCCCCC(O)C(=O)O.CCCCCCCCCCCCCCCCC(O)C(=O)O.CCCCCCCCCCCCCCCCC(O)C(=O)O.OCC(CO)(CO)COCC(CO)(CO)CO. The zero-order valence-electron chi connectivity index (χ0n) is 93.7. The van der Waals surface area contributed by atoms with E-state index in [0.717, 1.165) is 77.0 Å². The molecule has 0 rings (SSSR count). The molecule has 6 atom stereocenters. The Morgan fingerprint density at radius 3 is 0.301 bits per heavy atom. The van der Waals surface area contributed by atoms with Gasteiger partial charge in [-0.05, 0) is 38.5 Å². The van der Waals surface area contributed by atoms with Crippen LogP contribution in [0.15, 0.2) is 0 Å². The average molecular weight is 2060 g/mol. The van der Waals surface area contributed by atoms with E-state index in [1.165, 1.54) is 462 Å². The summed E-state index contributed by atoms with van der Waals surface area (Å²) in [6.45, 7) is 10.5. The first-order valence-corrected chi connectivity index (χ1v) is 59.8. The molecule has 0 bridgehead atoms. The number of aliphatic hydroxyl groups excluding tert-OH is 12. The van der Waals surface area contributed by atoms with Gasteiger partial charge in [0.1, 0.15) is 0 Å². The van der Waals surface area contributed by atoms with Crippen LogP contribution in [0.25, 0.3) is 0 Å². The lowest BCUT2D eigenvalue weighted by molar-refractivity contribution is -0.147. The van der Waals surface area contributed by atoms with Gasteiger partial charge in [-0.25, -0.2) is 28.8 Å². The average Bonchev–Trinajstić information content (AvgIpc) is 0.870. The number of carboxylic acids is 6. The highest BCUT2D eigenvalue weighted by Crippen LogP contribution is 2.25. The molecule has 0 spiro atoms. The molecule has 0 aliphatic carbocycles. The molecule has 0 amide bonds. The predicted molar refractivity (Wildman–Crippen MR) is 590 cm³/mol. The third kappa shape index (κ3) is 127. The molecule has 6 unspecified atom stereocenters. The van der Waals surface area contributed by atoms with E-state index in [1.54, 1.807) is 0 Å². The Kier molecular flexibility index (Phi) is 135. The molecule has 0 aromatic rings. The summed E-state index contributed by atoms with van der Waals surface area (Å²) >= 11 is 0. The molecule has 0 fully saturated rings. The summed E-state index contributed by atoms with van der Waals surface area (Å²) in [4.78, 5) is 62.5. The van der Waals surface area contributed by atoms with Crippen molar-refractivity contribution in [1.29, 1.82) is 0 Å². The molecule has 0 saturated carbocycles. The van der Waals surface area contributed by atoms with Gasteiger partial charge in [0.25, 0.3) is 0 Å². The molecule has 143 heavy (non-hydrogen) atoms. The van der Waals surface area contributed by atoms with Crippen molar-refractivity contribution in [1.82, 2.24) is 0 Å². The number of hydrogen-bond donors (Lipinski definition) is 18. The fourth-order valence-corrected chi connectivity index (χ4v) is 17.0. The maximum atomic E-state index is 10.4. The Morgan fingerprint density at radius 1 is 0.154 bits per heavy atom. The van der Waals surface area contributed by atoms with Crippen LogP contribution in [0.5, 0.6) is 0 Å². The number of rotatable bonds is 106. The Hall–Kier alpha value is -3.70. The third-order valence-corrected chi connectivity index (χ3v) is 27.5. The Labute approximate surface area is 876 Å². The van der Waals surface area contributed by atoms with Gasteiger partial charge in [0.15, 0.2) is 36.6 Å². The van der Waals surface area contributed by atoms with E-state index in [9.17, 15) is 28.8 Å². The maximum absolute atomic E-state index is 10.4. The van der Waals surface area contributed by atoms with Crippen LogP contribution >= 0.6 is 0 Å². The van der Waals surface area contributed by atoms with Gasteiger partial charge in [-0.15, -0.1) is 0 Å². The number of aliphatic hydroxyl groups is 12. The Balaban J connectivity index is -0.000000302. The lowest BCUT2D eigenvalue weighted by atomic mass is 9.91. The minimum Gasteiger partial charge on any atom is -0.479 e. The van der Waals surface area contributed by atoms with E-state index in [-0.39, 0.29) is 13.2 Å². The first-order chi connectivity index (χ1) is 69.2. The second-order valence-corrected chi connectivity index (χ2v) is 41.9. The topological polar surface area (TPSA) is 476 Å². The summed E-state index contributed by atoms with van der Waals surface area (Å²) in [5.41, 5.74) is -2.32. The van der Waals surface area contributed by atoms with Gasteiger partial charge < -0.3 is 96.7 Å². The van der Waals surface area contributed by atoms with Crippen molar-refractivity contribution in [3.05, 3.63) is 0 Å². The Bertz CT molecular complexity index is 2080. The minimum absolute atomic E-state index is 0.141. The quantitative estimate of drug-likeness (QED) is 0.0251. The predicted octanol–water partition coefficient (Wildman–Crippen LogP) is 28.7. The van der Waals surface area contributed by atoms with Crippen molar-refractivity contribution in [2.24, 2.45) is 10.8 Å². The van der Waals surface area contributed by atoms with Gasteiger partial charge in [0.05, 0.1) is 63.7 Å². The highest BCUT2D eigenvalue weighted by Gasteiger charge is 2.33. The fraction of sp³-hybridized carbons (Fsp3) is 0.949. The first kappa shape index (κ1) is 152. The third-order valence-electron chi connectivity index (χ3n) is 27.5. The summed E-state index contributed by atoms with van der Waals surface area (Å²) in [6, 6.07) is 0. The second kappa shape index (κ2) is 127. The lowest BCUT2D eigenvalue weighted by Crippen LogP contribution is -2.43. The standard InChI is InChI=1S/6C18H36O3.C10H22O7/c6*1-2-3-4-5-6-7-8-9-10-11-12-13-14-15-16-17(19)18(20)21;11-1-9(2-12,3-13)7-17-8-10(4-14,5-15)6-16/h6*17,19H,2-16H2,1H3,(H,20,21);11-16H,1-8H2. The summed E-state index contributed by atoms with van der Waals surface area (Å²) in [5, 5.41) is 160. The molecule has 0 saturated heterocycles. The molecule has 0 aliphatic heterocycles. The van der Waals surface area contributed by atoms with Gasteiger partial charge in [0, 0.05) is 0 Å². The van der Waals surface area contributed by atoms with Crippen molar-refractivity contribution in [2.75, 3.05) is 52.9 Å². The van der Waals surface area contributed by atoms with Crippen LogP contribution in [0, 0.1) is 10.8 Å². The van der Waals surface area contributed by atoms with Gasteiger partial charge in [-0.1, -0.05) is 581 Å². The number of ether oxygens (including phenoxy) is 1. The van der Waals surface area contributed by atoms with E-state index < -0.39 is 123 Å². The van der Waals surface area contributed by atoms with Crippen molar-refractivity contribution < 1.29 is 125 Å². The van der Waals surface area contributed by atoms with Gasteiger partial charge in [-0.2, -0.15) is 0 Å². The summed E-state index contributed by atoms with van der Waals surface area (Å²) < 4.78 is 5.15. The normalized spacial score (nSPS) is 12.5. The molecule has 0 radical (unpaired) electrons. The molecule has 0 aromatic carbocycles.